The molecule has 2 aromatic carbocycles. The average molecular weight is 252 g/mol. The van der Waals surface area contributed by atoms with Gasteiger partial charge in [-0.05, 0) is 49.6 Å². The van der Waals surface area contributed by atoms with Gasteiger partial charge in [0, 0.05) is 0 Å². The van der Waals surface area contributed by atoms with Gasteiger partial charge in [0.2, 0.25) is 0 Å². The molecular formula is C18H20O. The second-order valence-corrected chi connectivity index (χ2v) is 5.59. The molecule has 2 rings (SSSR count). The van der Waals surface area contributed by atoms with E-state index in [1.165, 1.54) is 0 Å². The molecule has 0 heterocycles. The van der Waals surface area contributed by atoms with Gasteiger partial charge < -0.3 is 4.74 Å². The molecule has 0 aromatic heterocycles. The van der Waals surface area contributed by atoms with Crippen LogP contribution in [-0.4, -0.2) is 5.60 Å². The van der Waals surface area contributed by atoms with E-state index in [4.69, 9.17) is 4.74 Å². The van der Waals surface area contributed by atoms with Gasteiger partial charge in [-0.3, -0.25) is 0 Å². The minimum absolute atomic E-state index is 0.188. The maximum Gasteiger partial charge on any atom is 0.120 e. The lowest BCUT2D eigenvalue weighted by atomic mass is 9.99. The number of ether oxygens (including phenoxy) is 1. The van der Waals surface area contributed by atoms with Crippen molar-refractivity contribution in [2.45, 2.75) is 26.4 Å². The van der Waals surface area contributed by atoms with Crippen LogP contribution in [0.1, 0.15) is 31.9 Å². The first kappa shape index (κ1) is 13.4. The largest absolute Gasteiger partial charge is 0.488 e. The van der Waals surface area contributed by atoms with Crippen molar-refractivity contribution in [3.8, 4) is 5.75 Å². The van der Waals surface area contributed by atoms with Crippen molar-refractivity contribution in [1.29, 1.82) is 0 Å². The Labute approximate surface area is 115 Å². The lowest BCUT2D eigenvalue weighted by Crippen LogP contribution is -2.22. The molecule has 0 amide bonds. The van der Waals surface area contributed by atoms with Gasteiger partial charge in [-0.25, -0.2) is 0 Å². The molecule has 2 aromatic rings. The number of hydrogen-bond donors (Lipinski definition) is 0. The number of rotatable bonds is 3. The van der Waals surface area contributed by atoms with Crippen LogP contribution < -0.4 is 4.74 Å². The lowest BCUT2D eigenvalue weighted by molar-refractivity contribution is 0.131. The normalized spacial score (nSPS) is 11.1. The molecule has 0 aliphatic heterocycles. The minimum Gasteiger partial charge on any atom is -0.488 e. The van der Waals surface area contributed by atoms with E-state index in [-0.39, 0.29) is 5.60 Å². The van der Waals surface area contributed by atoms with E-state index in [9.17, 15) is 0 Å². The minimum atomic E-state index is -0.188. The van der Waals surface area contributed by atoms with E-state index in [2.05, 4.69) is 24.8 Å². The zero-order valence-electron chi connectivity index (χ0n) is 11.8. The van der Waals surface area contributed by atoms with E-state index in [1.807, 2.05) is 57.2 Å². The molecule has 0 bridgehead atoms. The van der Waals surface area contributed by atoms with Crippen molar-refractivity contribution in [2.24, 2.45) is 0 Å². The van der Waals surface area contributed by atoms with Crippen LogP contribution >= 0.6 is 0 Å². The van der Waals surface area contributed by atoms with E-state index in [0.717, 1.165) is 22.4 Å². The third-order valence-electron chi connectivity index (χ3n) is 2.73. The summed E-state index contributed by atoms with van der Waals surface area (Å²) in [4.78, 5) is 0. The monoisotopic (exact) mass is 252 g/mol. The molecule has 0 atom stereocenters. The molecule has 19 heavy (non-hydrogen) atoms. The Hall–Kier alpha value is -2.02. The molecule has 0 aliphatic rings. The highest BCUT2D eigenvalue weighted by Crippen LogP contribution is 2.26. The standard InChI is InChI=1S/C18H20O/c1-14(15-9-6-5-7-10-15)16-11-8-12-17(13-16)19-18(2,3)4/h5-13H,1H2,2-4H3. The van der Waals surface area contributed by atoms with Crippen LogP contribution in [0.2, 0.25) is 0 Å². The van der Waals surface area contributed by atoms with E-state index >= 15 is 0 Å². The molecule has 0 spiro atoms. The first-order valence-electron chi connectivity index (χ1n) is 6.49. The van der Waals surface area contributed by atoms with Crippen LogP contribution in [0.4, 0.5) is 0 Å². The quantitative estimate of drug-likeness (QED) is 0.753. The summed E-state index contributed by atoms with van der Waals surface area (Å²) in [7, 11) is 0. The average Bonchev–Trinajstić information content (AvgIpc) is 2.37. The molecule has 0 N–H and O–H groups in total. The Morgan fingerprint density at radius 3 is 2.16 bits per heavy atom. The molecule has 0 fully saturated rings. The zero-order valence-corrected chi connectivity index (χ0v) is 11.8. The van der Waals surface area contributed by atoms with Crippen LogP contribution in [0.3, 0.4) is 0 Å². The second kappa shape index (κ2) is 5.31. The first-order valence-corrected chi connectivity index (χ1v) is 6.49. The Morgan fingerprint density at radius 2 is 1.53 bits per heavy atom. The molecular weight excluding hydrogens is 232 g/mol. The van der Waals surface area contributed by atoms with Crippen LogP contribution in [-0.2, 0) is 0 Å². The van der Waals surface area contributed by atoms with E-state index in [1.54, 1.807) is 0 Å². The van der Waals surface area contributed by atoms with Crippen LogP contribution in [0.15, 0.2) is 61.2 Å². The Kier molecular flexibility index (Phi) is 3.75. The van der Waals surface area contributed by atoms with Crippen molar-refractivity contribution < 1.29 is 4.74 Å². The first-order chi connectivity index (χ1) is 8.96. The van der Waals surface area contributed by atoms with Gasteiger partial charge in [0.05, 0.1) is 0 Å². The highest BCUT2D eigenvalue weighted by molar-refractivity contribution is 5.78. The molecule has 0 aliphatic carbocycles. The lowest BCUT2D eigenvalue weighted by Gasteiger charge is -2.21. The van der Waals surface area contributed by atoms with Gasteiger partial charge in [0.25, 0.3) is 0 Å². The summed E-state index contributed by atoms with van der Waals surface area (Å²) in [5, 5.41) is 0. The summed E-state index contributed by atoms with van der Waals surface area (Å²) < 4.78 is 5.89. The smallest absolute Gasteiger partial charge is 0.120 e. The summed E-state index contributed by atoms with van der Waals surface area (Å²) >= 11 is 0. The molecule has 0 saturated heterocycles. The Bertz CT molecular complexity index is 562. The summed E-state index contributed by atoms with van der Waals surface area (Å²) in [5.41, 5.74) is 3.05. The number of hydrogen-bond acceptors (Lipinski definition) is 1. The highest BCUT2D eigenvalue weighted by atomic mass is 16.5. The van der Waals surface area contributed by atoms with Gasteiger partial charge in [-0.2, -0.15) is 0 Å². The molecule has 0 saturated carbocycles. The maximum atomic E-state index is 5.89. The fourth-order valence-corrected chi connectivity index (χ4v) is 1.91. The predicted molar refractivity (Wildman–Crippen MR) is 81.4 cm³/mol. The maximum absolute atomic E-state index is 5.89. The van der Waals surface area contributed by atoms with Crippen molar-refractivity contribution in [3.63, 3.8) is 0 Å². The van der Waals surface area contributed by atoms with Crippen molar-refractivity contribution >= 4 is 5.57 Å². The number of benzene rings is 2. The van der Waals surface area contributed by atoms with Crippen LogP contribution in [0.25, 0.3) is 5.57 Å². The molecule has 98 valence electrons. The summed E-state index contributed by atoms with van der Waals surface area (Å²) in [5.74, 6) is 0.877. The van der Waals surface area contributed by atoms with Crippen molar-refractivity contribution in [3.05, 3.63) is 72.3 Å². The fourth-order valence-electron chi connectivity index (χ4n) is 1.91. The highest BCUT2D eigenvalue weighted by Gasteiger charge is 2.12. The summed E-state index contributed by atoms with van der Waals surface area (Å²) in [6.45, 7) is 10.3. The topological polar surface area (TPSA) is 9.23 Å². The van der Waals surface area contributed by atoms with Gasteiger partial charge in [0.1, 0.15) is 11.4 Å². The second-order valence-electron chi connectivity index (χ2n) is 5.59. The third kappa shape index (κ3) is 3.72. The third-order valence-corrected chi connectivity index (χ3v) is 2.73. The van der Waals surface area contributed by atoms with Crippen molar-refractivity contribution in [1.82, 2.24) is 0 Å². The summed E-state index contributed by atoms with van der Waals surface area (Å²) in [6, 6.07) is 18.3. The van der Waals surface area contributed by atoms with Gasteiger partial charge >= 0.3 is 0 Å². The van der Waals surface area contributed by atoms with E-state index < -0.39 is 0 Å². The van der Waals surface area contributed by atoms with Crippen molar-refractivity contribution in [2.75, 3.05) is 0 Å². The summed E-state index contributed by atoms with van der Waals surface area (Å²) in [6.07, 6.45) is 0. The van der Waals surface area contributed by atoms with Gasteiger partial charge in [-0.1, -0.05) is 49.0 Å². The predicted octanol–water partition coefficient (Wildman–Crippen LogP) is 4.93. The Morgan fingerprint density at radius 1 is 0.895 bits per heavy atom. The SMILES string of the molecule is C=C(c1ccccc1)c1cccc(OC(C)(C)C)c1. The van der Waals surface area contributed by atoms with Crippen LogP contribution in [0, 0.1) is 0 Å². The zero-order chi connectivity index (χ0) is 13.9. The molecule has 1 heteroatoms. The van der Waals surface area contributed by atoms with Gasteiger partial charge in [0.15, 0.2) is 0 Å². The van der Waals surface area contributed by atoms with E-state index in [0.29, 0.717) is 0 Å². The molecule has 0 unspecified atom stereocenters. The molecule has 0 radical (unpaired) electrons. The van der Waals surface area contributed by atoms with Gasteiger partial charge in [-0.15, -0.1) is 0 Å². The Balaban J connectivity index is 2.27. The molecule has 1 nitrogen and oxygen atoms in total. The van der Waals surface area contributed by atoms with Crippen LogP contribution in [0.5, 0.6) is 5.75 Å². The fraction of sp³-hybridized carbons (Fsp3) is 0.222.